The summed E-state index contributed by atoms with van der Waals surface area (Å²) in [6.45, 7) is 3.37. The predicted octanol–water partition coefficient (Wildman–Crippen LogP) is 0.826. The highest BCUT2D eigenvalue weighted by molar-refractivity contribution is 7.82. The molecular weight excluding hydrogens is 286 g/mol. The molecule has 1 spiro atoms. The molecule has 2 aliphatic rings. The van der Waals surface area contributed by atoms with Gasteiger partial charge in [-0.2, -0.15) is 0 Å². The quantitative estimate of drug-likeness (QED) is 0.670. The lowest BCUT2D eigenvalue weighted by molar-refractivity contribution is -0.923. The minimum absolute atomic E-state index is 0.174. The lowest BCUT2D eigenvalue weighted by Gasteiger charge is -2.45. The molecule has 20 heavy (non-hydrogen) atoms. The second-order valence-corrected chi connectivity index (χ2v) is 6.72. The van der Waals surface area contributed by atoms with E-state index in [1.54, 1.807) is 0 Å². The molecule has 2 aliphatic heterocycles. The van der Waals surface area contributed by atoms with Crippen LogP contribution in [-0.4, -0.2) is 29.2 Å². The molecular formula is C15H20N3S2+. The minimum atomic E-state index is -0.174. The van der Waals surface area contributed by atoms with Crippen molar-refractivity contribution < 1.29 is 4.90 Å². The van der Waals surface area contributed by atoms with Crippen LogP contribution in [0.4, 0.5) is 0 Å². The zero-order valence-electron chi connectivity index (χ0n) is 11.8. The van der Waals surface area contributed by atoms with Crippen molar-refractivity contribution in [2.24, 2.45) is 5.92 Å². The van der Waals surface area contributed by atoms with Gasteiger partial charge in [0, 0.05) is 17.9 Å². The van der Waals surface area contributed by atoms with Crippen molar-refractivity contribution in [3.05, 3.63) is 35.9 Å². The Kier molecular flexibility index (Phi) is 3.52. The van der Waals surface area contributed by atoms with Crippen LogP contribution >= 0.6 is 24.4 Å². The third kappa shape index (κ3) is 2.05. The molecule has 0 radical (unpaired) electrons. The van der Waals surface area contributed by atoms with Crippen molar-refractivity contribution in [1.29, 1.82) is 0 Å². The molecule has 3 N–H and O–H groups in total. The Balaban J connectivity index is 1.99. The van der Waals surface area contributed by atoms with E-state index in [0.717, 1.165) is 18.0 Å². The van der Waals surface area contributed by atoms with Gasteiger partial charge in [-0.25, -0.2) is 0 Å². The first-order valence-electron chi connectivity index (χ1n) is 7.05. The maximum atomic E-state index is 5.58. The summed E-state index contributed by atoms with van der Waals surface area (Å²) in [5.74, 6) is 0.388. The lowest BCUT2D eigenvalue weighted by atomic mass is 9.72. The summed E-state index contributed by atoms with van der Waals surface area (Å²) >= 11 is 10.8. The van der Waals surface area contributed by atoms with Crippen LogP contribution in [0.2, 0.25) is 0 Å². The van der Waals surface area contributed by atoms with Gasteiger partial charge in [0.1, 0.15) is 16.6 Å². The molecule has 0 amide bonds. The monoisotopic (exact) mass is 306 g/mol. The number of hydrogen-bond donors (Lipinski definition) is 3. The summed E-state index contributed by atoms with van der Waals surface area (Å²) in [7, 11) is 2.27. The van der Waals surface area contributed by atoms with E-state index in [4.69, 9.17) is 24.4 Å². The Morgan fingerprint density at radius 1 is 1.25 bits per heavy atom. The first-order valence-corrected chi connectivity index (χ1v) is 7.87. The van der Waals surface area contributed by atoms with Gasteiger partial charge in [0.2, 0.25) is 0 Å². The fourth-order valence-corrected chi connectivity index (χ4v) is 4.51. The first-order chi connectivity index (χ1) is 9.54. The standard InChI is InChI=1S/C15H19N3S2/c1-10-12(11-6-4-3-5-7-11)18(2)9-8-15(10)13(19)16-14(20)17-15/h3-7,10,12H,8-9H2,1-2H3,(H2,16,17,19,20)/p+1/t10-,12+,15+/m1/s1. The van der Waals surface area contributed by atoms with Gasteiger partial charge in [0.25, 0.3) is 0 Å². The third-order valence-electron chi connectivity index (χ3n) is 4.85. The van der Waals surface area contributed by atoms with Gasteiger partial charge >= 0.3 is 0 Å². The number of benzene rings is 1. The largest absolute Gasteiger partial charge is 0.350 e. The molecule has 2 fully saturated rings. The maximum Gasteiger partial charge on any atom is 0.172 e. The number of piperidine rings is 1. The average molecular weight is 306 g/mol. The molecule has 5 heteroatoms. The molecule has 0 aromatic heterocycles. The van der Waals surface area contributed by atoms with E-state index in [9.17, 15) is 0 Å². The van der Waals surface area contributed by atoms with E-state index in [1.165, 1.54) is 10.5 Å². The molecule has 3 nitrogen and oxygen atoms in total. The molecule has 0 aliphatic carbocycles. The fraction of sp³-hybridized carbons (Fsp3) is 0.467. The Morgan fingerprint density at radius 3 is 2.55 bits per heavy atom. The van der Waals surface area contributed by atoms with Crippen molar-refractivity contribution in [3.63, 3.8) is 0 Å². The second kappa shape index (κ2) is 5.06. The Morgan fingerprint density at radius 2 is 1.95 bits per heavy atom. The maximum absolute atomic E-state index is 5.58. The highest BCUT2D eigenvalue weighted by atomic mass is 32.1. The number of nitrogens with one attached hydrogen (secondary N) is 3. The number of quaternary nitrogens is 1. The van der Waals surface area contributed by atoms with Crippen molar-refractivity contribution in [2.45, 2.75) is 24.9 Å². The Bertz CT molecular complexity index is 545. The summed E-state index contributed by atoms with van der Waals surface area (Å²) in [6.07, 6.45) is 1.02. The van der Waals surface area contributed by atoms with Gasteiger partial charge in [0.05, 0.1) is 13.6 Å². The van der Waals surface area contributed by atoms with Crippen LogP contribution < -0.4 is 15.5 Å². The van der Waals surface area contributed by atoms with Gasteiger partial charge in [0.15, 0.2) is 5.11 Å². The van der Waals surface area contributed by atoms with Gasteiger partial charge < -0.3 is 15.5 Å². The summed E-state index contributed by atoms with van der Waals surface area (Å²) < 4.78 is 0. The van der Waals surface area contributed by atoms with Crippen LogP contribution in [0.5, 0.6) is 0 Å². The molecule has 1 unspecified atom stereocenters. The van der Waals surface area contributed by atoms with Gasteiger partial charge in [-0.3, -0.25) is 0 Å². The number of likely N-dealkylation sites (tertiary alicyclic amines) is 1. The predicted molar refractivity (Wildman–Crippen MR) is 88.9 cm³/mol. The smallest absolute Gasteiger partial charge is 0.172 e. The molecule has 0 saturated carbocycles. The SMILES string of the molecule is C[C@@H]1[C@@H](c2ccccc2)[NH+](C)CC[C@]12NC(=S)NC2=S. The number of rotatable bonds is 1. The van der Waals surface area contributed by atoms with Crippen LogP contribution in [0.25, 0.3) is 0 Å². The van der Waals surface area contributed by atoms with E-state index in [2.05, 4.69) is 54.9 Å². The highest BCUT2D eigenvalue weighted by Gasteiger charge is 2.54. The van der Waals surface area contributed by atoms with Gasteiger partial charge in [-0.15, -0.1) is 0 Å². The Labute approximate surface area is 130 Å². The molecule has 3 rings (SSSR count). The molecule has 2 saturated heterocycles. The van der Waals surface area contributed by atoms with Crippen LogP contribution in [0.3, 0.4) is 0 Å². The zero-order valence-corrected chi connectivity index (χ0v) is 13.4. The van der Waals surface area contributed by atoms with Crippen molar-refractivity contribution in [2.75, 3.05) is 13.6 Å². The molecule has 106 valence electrons. The molecule has 0 bridgehead atoms. The van der Waals surface area contributed by atoms with Crippen molar-refractivity contribution in [3.8, 4) is 0 Å². The second-order valence-electron chi connectivity index (χ2n) is 5.90. The number of thiocarbonyl (C=S) groups is 2. The Hall–Kier alpha value is -1.04. The first kappa shape index (κ1) is 13.9. The van der Waals surface area contributed by atoms with E-state index in [0.29, 0.717) is 17.1 Å². The van der Waals surface area contributed by atoms with Crippen LogP contribution in [0.1, 0.15) is 24.9 Å². The fourth-order valence-electron chi connectivity index (χ4n) is 3.72. The zero-order chi connectivity index (χ0) is 14.3. The molecule has 2 heterocycles. The topological polar surface area (TPSA) is 28.5 Å². The number of hydrogen-bond acceptors (Lipinski definition) is 2. The molecule has 1 aromatic carbocycles. The third-order valence-corrected chi connectivity index (χ3v) is 5.52. The van der Waals surface area contributed by atoms with Gasteiger partial charge in [-0.1, -0.05) is 49.5 Å². The van der Waals surface area contributed by atoms with Crippen LogP contribution in [0.15, 0.2) is 30.3 Å². The van der Waals surface area contributed by atoms with Crippen LogP contribution in [0, 0.1) is 5.92 Å². The molecule has 1 aromatic rings. The van der Waals surface area contributed by atoms with E-state index in [1.807, 2.05) is 0 Å². The summed E-state index contributed by atoms with van der Waals surface area (Å²) in [4.78, 5) is 2.40. The van der Waals surface area contributed by atoms with E-state index in [-0.39, 0.29) is 5.54 Å². The van der Waals surface area contributed by atoms with Gasteiger partial charge in [-0.05, 0) is 12.2 Å². The van der Waals surface area contributed by atoms with Crippen molar-refractivity contribution >= 4 is 34.5 Å². The average Bonchev–Trinajstić information content (AvgIpc) is 2.72. The normalized spacial score (nSPS) is 36.8. The van der Waals surface area contributed by atoms with Crippen LogP contribution in [-0.2, 0) is 0 Å². The summed E-state index contributed by atoms with van der Waals surface area (Å²) in [5.41, 5.74) is 1.20. The summed E-state index contributed by atoms with van der Waals surface area (Å²) in [5, 5.41) is 7.27. The lowest BCUT2D eigenvalue weighted by Crippen LogP contribution is -3.12. The van der Waals surface area contributed by atoms with Crippen molar-refractivity contribution in [1.82, 2.24) is 10.6 Å². The molecule has 4 atom stereocenters. The van der Waals surface area contributed by atoms with E-state index < -0.39 is 0 Å². The minimum Gasteiger partial charge on any atom is -0.350 e. The summed E-state index contributed by atoms with van der Waals surface area (Å²) in [6, 6.07) is 11.1. The van der Waals surface area contributed by atoms with E-state index >= 15 is 0 Å². The highest BCUT2D eigenvalue weighted by Crippen LogP contribution is 2.36.